The average molecular weight is 820 g/mol. The summed E-state index contributed by atoms with van der Waals surface area (Å²) in [5.74, 6) is -0.870. The molecule has 2 aliphatic carbocycles. The van der Waals surface area contributed by atoms with E-state index in [9.17, 15) is 24.8 Å². The van der Waals surface area contributed by atoms with Crippen molar-refractivity contribution >= 4 is 40.8 Å². The quantitative estimate of drug-likeness (QED) is 0.168. The zero-order valence-corrected chi connectivity index (χ0v) is 34.4. The lowest BCUT2D eigenvalue weighted by molar-refractivity contribution is -0.148. The first-order valence-corrected chi connectivity index (χ1v) is 21.2. The van der Waals surface area contributed by atoms with Crippen molar-refractivity contribution in [1.29, 1.82) is 5.26 Å². The van der Waals surface area contributed by atoms with Crippen molar-refractivity contribution in [1.82, 2.24) is 28.9 Å². The number of aromatic nitrogens is 4. The molecular weight excluding hydrogens is 770 g/mol. The number of carbonyl (C=O) groups is 3. The summed E-state index contributed by atoms with van der Waals surface area (Å²) in [4.78, 5) is 53.9. The highest BCUT2D eigenvalue weighted by Gasteiger charge is 2.57. The van der Waals surface area contributed by atoms with Gasteiger partial charge in [0, 0.05) is 94.9 Å². The Morgan fingerprint density at radius 2 is 1.49 bits per heavy atom. The summed E-state index contributed by atoms with van der Waals surface area (Å²) in [5.41, 5.74) is 5.42. The van der Waals surface area contributed by atoms with E-state index in [0.717, 1.165) is 120 Å². The molecule has 1 saturated heterocycles. The second-order valence-electron chi connectivity index (χ2n) is 17.3. The minimum atomic E-state index is -0.633. The number of nitriles is 1. The number of imidazole rings is 2. The average Bonchev–Trinajstić information content (AvgIpc) is 4.01. The van der Waals surface area contributed by atoms with Crippen LogP contribution in [0.3, 0.4) is 0 Å². The van der Waals surface area contributed by atoms with Crippen molar-refractivity contribution in [2.75, 3.05) is 43.5 Å². The molecule has 0 radical (unpaired) electrons. The standard InChI is InChI=1S/C44H50ClN9O5/c1-51-35-9-18-53(20-17-43-13-15-44(26-43,16-14-43)42(57)58)24-33(35)47-39(51)41(56)50-32-8-4-6-29(37(32)45)28-5-3-7-31(30(28)23-46)49-40(55)38-48-34-25-54(19-10-36(34)52(38)2)27-11-21-59-22-12-27/h3-8,27H,9-22,24-26H2,1-2H3,(H,49,55)(H,50,56)(H,57,58). The summed E-state index contributed by atoms with van der Waals surface area (Å²) in [5, 5.41) is 26.4. The third kappa shape index (κ3) is 7.11. The summed E-state index contributed by atoms with van der Waals surface area (Å²) >= 11 is 7.00. The fourth-order valence-electron chi connectivity index (χ4n) is 10.6. The Bertz CT molecular complexity index is 2380. The number of amides is 2. The Kier molecular flexibility index (Phi) is 10.4. The fraction of sp³-hybridized carbons (Fsp3) is 0.500. The molecule has 3 N–H and O–H groups in total. The van der Waals surface area contributed by atoms with Gasteiger partial charge >= 0.3 is 5.97 Å². The number of hydrogen-bond acceptors (Lipinski definition) is 9. The number of carboxylic acids is 1. The molecule has 3 fully saturated rings. The minimum absolute atomic E-state index is 0.123. The van der Waals surface area contributed by atoms with Crippen LogP contribution in [0.15, 0.2) is 36.4 Å². The summed E-state index contributed by atoms with van der Waals surface area (Å²) in [6, 6.07) is 13.2. The second-order valence-corrected chi connectivity index (χ2v) is 17.7. The van der Waals surface area contributed by atoms with E-state index >= 15 is 0 Å². The van der Waals surface area contributed by atoms with E-state index < -0.39 is 23.2 Å². The molecule has 2 saturated carbocycles. The zero-order chi connectivity index (χ0) is 41.1. The first-order chi connectivity index (χ1) is 28.5. The van der Waals surface area contributed by atoms with Gasteiger partial charge in [-0.05, 0) is 75.5 Å². The molecule has 0 spiro atoms. The van der Waals surface area contributed by atoms with Crippen LogP contribution in [0.2, 0.25) is 5.02 Å². The van der Waals surface area contributed by atoms with Gasteiger partial charge in [0.05, 0.1) is 38.8 Å². The molecule has 2 bridgehead atoms. The number of hydrogen-bond donors (Lipinski definition) is 3. The molecule has 2 aromatic carbocycles. The maximum atomic E-state index is 13.8. The number of ether oxygens (including phenoxy) is 1. The highest BCUT2D eigenvalue weighted by Crippen LogP contribution is 2.63. The highest BCUT2D eigenvalue weighted by molar-refractivity contribution is 6.36. The van der Waals surface area contributed by atoms with Gasteiger partial charge in [-0.15, -0.1) is 0 Å². The number of halogens is 1. The van der Waals surface area contributed by atoms with E-state index in [2.05, 4.69) is 26.5 Å². The lowest BCUT2D eigenvalue weighted by atomic mass is 9.80. The smallest absolute Gasteiger partial charge is 0.309 e. The molecular formula is C44H50ClN9O5. The normalized spacial score (nSPS) is 23.1. The summed E-state index contributed by atoms with van der Waals surface area (Å²) in [7, 11) is 3.72. The molecule has 0 atom stereocenters. The van der Waals surface area contributed by atoms with Gasteiger partial charge in [0.15, 0.2) is 11.6 Å². The topological polar surface area (TPSA) is 171 Å². The van der Waals surface area contributed by atoms with Crippen LogP contribution in [0.4, 0.5) is 11.4 Å². The van der Waals surface area contributed by atoms with Crippen molar-refractivity contribution in [3.05, 3.63) is 81.4 Å². The van der Waals surface area contributed by atoms with Crippen LogP contribution in [0.1, 0.15) is 101 Å². The molecule has 4 aromatic rings. The SMILES string of the molecule is Cn1c(C(=O)Nc2cccc(-c3cccc(NC(=O)c4nc5c(n4C)CCN(C4CCOCC4)C5)c3C#N)c2Cl)nc2c1CCN(CCC13CCC(C(=O)O)(CC1)C3)C2. The van der Waals surface area contributed by atoms with Gasteiger partial charge in [-0.3, -0.25) is 24.2 Å². The first-order valence-electron chi connectivity index (χ1n) is 20.8. The number of nitrogens with zero attached hydrogens (tertiary/aromatic N) is 7. The van der Waals surface area contributed by atoms with E-state index in [1.54, 1.807) is 36.4 Å². The summed E-state index contributed by atoms with van der Waals surface area (Å²) < 4.78 is 9.27. The van der Waals surface area contributed by atoms with Crippen LogP contribution in [0.5, 0.6) is 0 Å². The Labute approximate surface area is 348 Å². The maximum Gasteiger partial charge on any atom is 0.309 e. The van der Waals surface area contributed by atoms with Gasteiger partial charge in [-0.2, -0.15) is 5.26 Å². The van der Waals surface area contributed by atoms with E-state index in [4.69, 9.17) is 26.3 Å². The lowest BCUT2D eigenvalue weighted by Crippen LogP contribution is -2.42. The number of carboxylic acid groups (broad SMARTS) is 1. The lowest BCUT2D eigenvalue weighted by Gasteiger charge is -2.36. The molecule has 5 heterocycles. The van der Waals surface area contributed by atoms with Gasteiger partial charge in [-0.1, -0.05) is 35.9 Å². The minimum Gasteiger partial charge on any atom is -0.481 e. The van der Waals surface area contributed by atoms with Crippen molar-refractivity contribution < 1.29 is 24.2 Å². The number of rotatable bonds is 10. The van der Waals surface area contributed by atoms with Gasteiger partial charge in [0.2, 0.25) is 0 Å². The number of carbonyl (C=O) groups excluding carboxylic acids is 2. The maximum absolute atomic E-state index is 13.8. The van der Waals surface area contributed by atoms with Crippen LogP contribution in [-0.2, 0) is 49.6 Å². The Morgan fingerprint density at radius 1 is 0.881 bits per heavy atom. The van der Waals surface area contributed by atoms with Crippen molar-refractivity contribution in [2.24, 2.45) is 24.9 Å². The van der Waals surface area contributed by atoms with Gasteiger partial charge < -0.3 is 29.6 Å². The number of benzene rings is 2. The largest absolute Gasteiger partial charge is 0.481 e. The Balaban J connectivity index is 0.879. The van der Waals surface area contributed by atoms with Crippen molar-refractivity contribution in [3.63, 3.8) is 0 Å². The van der Waals surface area contributed by atoms with Crippen LogP contribution in [0, 0.1) is 22.2 Å². The number of nitrogens with one attached hydrogen (secondary N) is 2. The van der Waals surface area contributed by atoms with Crippen molar-refractivity contribution in [2.45, 2.75) is 83.3 Å². The van der Waals surface area contributed by atoms with E-state index in [-0.39, 0.29) is 27.6 Å². The second kappa shape index (κ2) is 15.5. The monoisotopic (exact) mass is 819 g/mol. The fourth-order valence-corrected chi connectivity index (χ4v) is 10.9. The van der Waals surface area contributed by atoms with Crippen LogP contribution in [0.25, 0.3) is 11.1 Å². The molecule has 2 aromatic heterocycles. The third-order valence-electron chi connectivity index (χ3n) is 14.1. The van der Waals surface area contributed by atoms with Gasteiger partial charge in [-0.25, -0.2) is 9.97 Å². The van der Waals surface area contributed by atoms with Crippen LogP contribution >= 0.6 is 11.6 Å². The molecule has 3 aliphatic heterocycles. The number of fused-ring (bicyclic) bond motifs is 4. The number of anilines is 2. The van der Waals surface area contributed by atoms with Gasteiger partial charge in [0.25, 0.3) is 11.8 Å². The highest BCUT2D eigenvalue weighted by atomic mass is 35.5. The molecule has 9 rings (SSSR count). The summed E-state index contributed by atoms with van der Waals surface area (Å²) in [6.07, 6.45) is 8.86. The van der Waals surface area contributed by atoms with E-state index in [1.807, 2.05) is 23.2 Å². The molecule has 0 unspecified atom stereocenters. The zero-order valence-electron chi connectivity index (χ0n) is 33.7. The molecule has 59 heavy (non-hydrogen) atoms. The van der Waals surface area contributed by atoms with Crippen LogP contribution in [-0.4, -0.2) is 90.7 Å². The summed E-state index contributed by atoms with van der Waals surface area (Å²) in [6.45, 7) is 5.49. The predicted octanol–water partition coefficient (Wildman–Crippen LogP) is 6.17. The van der Waals surface area contributed by atoms with Crippen LogP contribution < -0.4 is 10.6 Å². The van der Waals surface area contributed by atoms with Crippen molar-refractivity contribution in [3.8, 4) is 17.2 Å². The van der Waals surface area contributed by atoms with Gasteiger partial charge in [0.1, 0.15) is 6.07 Å². The molecule has 308 valence electrons. The first kappa shape index (κ1) is 39.4. The molecule has 14 nitrogen and oxygen atoms in total. The Hall–Kier alpha value is -5.07. The molecule has 15 heteroatoms. The van der Waals surface area contributed by atoms with E-state index in [1.165, 1.54) is 0 Å². The molecule has 2 amide bonds. The Morgan fingerprint density at radius 3 is 2.14 bits per heavy atom. The number of aliphatic carboxylic acids is 1. The third-order valence-corrected chi connectivity index (χ3v) is 14.5. The predicted molar refractivity (Wildman–Crippen MR) is 221 cm³/mol. The van der Waals surface area contributed by atoms with E-state index in [0.29, 0.717) is 41.6 Å². The molecule has 5 aliphatic rings.